The van der Waals surface area contributed by atoms with Crippen LogP contribution in [-0.4, -0.2) is 35.7 Å². The molecular weight excluding hydrogens is 450 g/mol. The molecule has 6 heteroatoms. The largest absolute Gasteiger partial charge is 0.495 e. The van der Waals surface area contributed by atoms with Gasteiger partial charge >= 0.3 is 0 Å². The molecule has 0 radical (unpaired) electrons. The molecule has 6 nitrogen and oxygen atoms in total. The molecule has 0 spiro atoms. The highest BCUT2D eigenvalue weighted by Crippen LogP contribution is 2.37. The Morgan fingerprint density at radius 1 is 1.00 bits per heavy atom. The van der Waals surface area contributed by atoms with E-state index in [4.69, 9.17) is 14.5 Å². The Morgan fingerprint density at radius 3 is 2.53 bits per heavy atom. The van der Waals surface area contributed by atoms with Crippen LogP contribution in [0.3, 0.4) is 0 Å². The predicted octanol–water partition coefficient (Wildman–Crippen LogP) is 6.16. The zero-order chi connectivity index (χ0) is 25.1. The van der Waals surface area contributed by atoms with Crippen LogP contribution in [0, 0.1) is 0 Å². The average Bonchev–Trinajstić information content (AvgIpc) is 3.47. The Labute approximate surface area is 212 Å². The van der Waals surface area contributed by atoms with Gasteiger partial charge in [-0.1, -0.05) is 50.2 Å². The van der Waals surface area contributed by atoms with E-state index in [-0.39, 0.29) is 11.8 Å². The molecule has 4 aromatic rings. The molecule has 1 aromatic heterocycles. The van der Waals surface area contributed by atoms with Crippen LogP contribution in [0.5, 0.6) is 11.5 Å². The monoisotopic (exact) mass is 483 g/mol. The first kappa shape index (κ1) is 23.9. The second kappa shape index (κ2) is 10.4. The molecule has 186 valence electrons. The van der Waals surface area contributed by atoms with Crippen LogP contribution in [0.4, 0.5) is 5.69 Å². The molecule has 2 heterocycles. The van der Waals surface area contributed by atoms with E-state index in [0.717, 1.165) is 41.3 Å². The molecule has 1 saturated heterocycles. The topological polar surface area (TPSA) is 56.6 Å². The van der Waals surface area contributed by atoms with Crippen molar-refractivity contribution < 1.29 is 14.3 Å². The summed E-state index contributed by atoms with van der Waals surface area (Å²) >= 11 is 0. The summed E-state index contributed by atoms with van der Waals surface area (Å²) in [6.07, 6.45) is 1.27. The van der Waals surface area contributed by atoms with Gasteiger partial charge in [0.15, 0.2) is 0 Å². The quantitative estimate of drug-likeness (QED) is 0.268. The van der Waals surface area contributed by atoms with Gasteiger partial charge in [0.25, 0.3) is 0 Å². The van der Waals surface area contributed by atoms with Gasteiger partial charge in [-0.05, 0) is 54.3 Å². The zero-order valence-corrected chi connectivity index (χ0v) is 21.2. The molecule has 0 N–H and O–H groups in total. The lowest BCUT2D eigenvalue weighted by molar-refractivity contribution is -0.117. The highest BCUT2D eigenvalue weighted by molar-refractivity contribution is 5.97. The third-order valence-corrected chi connectivity index (χ3v) is 6.89. The lowest BCUT2D eigenvalue weighted by Gasteiger charge is -2.20. The van der Waals surface area contributed by atoms with Crippen LogP contribution in [0.25, 0.3) is 11.0 Å². The maximum Gasteiger partial charge on any atom is 0.227 e. The normalized spacial score (nSPS) is 15.7. The molecule has 1 atom stereocenters. The number of amides is 1. The zero-order valence-electron chi connectivity index (χ0n) is 21.2. The van der Waals surface area contributed by atoms with E-state index in [1.165, 1.54) is 5.56 Å². The molecule has 1 amide bonds. The van der Waals surface area contributed by atoms with Gasteiger partial charge in [-0.3, -0.25) is 4.79 Å². The molecular formula is C30H33N3O3. The number of nitrogens with zero attached hydrogens (tertiary/aromatic N) is 3. The van der Waals surface area contributed by atoms with E-state index < -0.39 is 0 Å². The van der Waals surface area contributed by atoms with Crippen molar-refractivity contribution in [2.75, 3.05) is 25.2 Å². The molecule has 36 heavy (non-hydrogen) atoms. The number of carbonyl (C=O) groups is 1. The molecule has 0 bridgehead atoms. The smallest absolute Gasteiger partial charge is 0.227 e. The second-order valence-electron chi connectivity index (χ2n) is 9.61. The lowest BCUT2D eigenvalue weighted by atomic mass is 10.0. The van der Waals surface area contributed by atoms with Crippen molar-refractivity contribution >= 4 is 22.6 Å². The van der Waals surface area contributed by atoms with E-state index in [0.29, 0.717) is 31.2 Å². The highest BCUT2D eigenvalue weighted by atomic mass is 16.5. The Bertz CT molecular complexity index is 1340. The number of aryl methyl sites for hydroxylation is 1. The number of ether oxygens (including phenoxy) is 2. The van der Waals surface area contributed by atoms with Crippen LogP contribution in [0.1, 0.15) is 49.9 Å². The summed E-state index contributed by atoms with van der Waals surface area (Å²) in [5.74, 6) is 3.18. The van der Waals surface area contributed by atoms with Crippen LogP contribution >= 0.6 is 0 Å². The number of benzene rings is 3. The number of imidazole rings is 1. The maximum atomic E-state index is 13.0. The van der Waals surface area contributed by atoms with E-state index in [9.17, 15) is 4.79 Å². The molecule has 5 rings (SSSR count). The van der Waals surface area contributed by atoms with Crippen LogP contribution in [0.15, 0.2) is 72.8 Å². The minimum Gasteiger partial charge on any atom is -0.495 e. The molecule has 0 aliphatic carbocycles. The summed E-state index contributed by atoms with van der Waals surface area (Å²) in [6, 6.07) is 24.2. The number of methoxy groups -OCH3 is 1. The lowest BCUT2D eigenvalue weighted by Crippen LogP contribution is -2.25. The van der Waals surface area contributed by atoms with Gasteiger partial charge in [0.1, 0.15) is 17.3 Å². The first-order valence-electron chi connectivity index (χ1n) is 12.7. The summed E-state index contributed by atoms with van der Waals surface area (Å²) in [5.41, 5.74) is 4.18. The summed E-state index contributed by atoms with van der Waals surface area (Å²) in [5, 5.41) is 0. The van der Waals surface area contributed by atoms with Crippen molar-refractivity contribution in [2.24, 2.45) is 0 Å². The van der Waals surface area contributed by atoms with Crippen LogP contribution in [-0.2, 0) is 11.3 Å². The van der Waals surface area contributed by atoms with E-state index in [1.807, 2.05) is 59.5 Å². The highest BCUT2D eigenvalue weighted by Gasteiger charge is 2.35. The van der Waals surface area contributed by atoms with Gasteiger partial charge in [0.05, 0.1) is 30.4 Å². The summed E-state index contributed by atoms with van der Waals surface area (Å²) in [6.45, 7) is 6.36. The van der Waals surface area contributed by atoms with Gasteiger partial charge in [0.2, 0.25) is 5.91 Å². The third-order valence-electron chi connectivity index (χ3n) is 6.89. The van der Waals surface area contributed by atoms with E-state index in [1.54, 1.807) is 7.11 Å². The van der Waals surface area contributed by atoms with Crippen molar-refractivity contribution in [1.82, 2.24) is 9.55 Å². The summed E-state index contributed by atoms with van der Waals surface area (Å²) < 4.78 is 13.8. The van der Waals surface area contributed by atoms with Crippen molar-refractivity contribution in [3.63, 3.8) is 0 Å². The fourth-order valence-corrected chi connectivity index (χ4v) is 4.97. The van der Waals surface area contributed by atoms with Gasteiger partial charge in [-0.25, -0.2) is 4.98 Å². The molecule has 1 aliphatic heterocycles. The Morgan fingerprint density at radius 2 is 1.75 bits per heavy atom. The minimum atomic E-state index is 0.0132. The first-order valence-corrected chi connectivity index (χ1v) is 12.7. The fourth-order valence-electron chi connectivity index (χ4n) is 4.97. The Balaban J connectivity index is 1.32. The number of hydrogen-bond acceptors (Lipinski definition) is 4. The number of fused-ring (bicyclic) bond motifs is 1. The molecule has 3 aromatic carbocycles. The van der Waals surface area contributed by atoms with Gasteiger partial charge in [0, 0.05) is 25.4 Å². The van der Waals surface area contributed by atoms with E-state index in [2.05, 4.69) is 36.6 Å². The minimum absolute atomic E-state index is 0.0132. The van der Waals surface area contributed by atoms with Gasteiger partial charge in [-0.2, -0.15) is 0 Å². The van der Waals surface area contributed by atoms with Crippen molar-refractivity contribution in [2.45, 2.75) is 45.1 Å². The number of rotatable bonds is 9. The predicted molar refractivity (Wildman–Crippen MR) is 143 cm³/mol. The third kappa shape index (κ3) is 4.81. The van der Waals surface area contributed by atoms with Crippen molar-refractivity contribution in [3.05, 3.63) is 84.2 Å². The summed E-state index contributed by atoms with van der Waals surface area (Å²) in [4.78, 5) is 19.9. The number of anilines is 1. The Hall–Kier alpha value is -3.80. The number of aromatic nitrogens is 2. The Kier molecular flexibility index (Phi) is 6.94. The van der Waals surface area contributed by atoms with Gasteiger partial charge < -0.3 is 18.9 Å². The molecule has 1 unspecified atom stereocenters. The van der Waals surface area contributed by atoms with Crippen LogP contribution < -0.4 is 14.4 Å². The van der Waals surface area contributed by atoms with Crippen LogP contribution in [0.2, 0.25) is 0 Å². The SMILES string of the molecule is COc1ccccc1N1CC(c2nc3ccccc3n2CCCOc2ccc(C(C)C)cc2)CC1=O. The number of para-hydroxylation sites is 4. The van der Waals surface area contributed by atoms with E-state index >= 15 is 0 Å². The molecule has 1 fully saturated rings. The number of carbonyl (C=O) groups excluding carboxylic acids is 1. The first-order chi connectivity index (χ1) is 17.5. The van der Waals surface area contributed by atoms with Crippen molar-refractivity contribution in [1.29, 1.82) is 0 Å². The van der Waals surface area contributed by atoms with Gasteiger partial charge in [-0.15, -0.1) is 0 Å². The number of hydrogen-bond donors (Lipinski definition) is 0. The maximum absolute atomic E-state index is 13.0. The average molecular weight is 484 g/mol. The second-order valence-corrected chi connectivity index (χ2v) is 9.61. The standard InChI is InChI=1S/C30H33N3O3/c1-21(2)22-13-15-24(16-14-22)36-18-8-17-32-26-10-5-4-9-25(26)31-30(32)23-19-29(34)33(20-23)27-11-6-7-12-28(27)35-3/h4-7,9-16,21,23H,8,17-20H2,1-3H3. The molecule has 0 saturated carbocycles. The fraction of sp³-hybridized carbons (Fsp3) is 0.333. The summed E-state index contributed by atoms with van der Waals surface area (Å²) in [7, 11) is 1.64. The molecule has 1 aliphatic rings. The van der Waals surface area contributed by atoms with Crippen molar-refractivity contribution in [3.8, 4) is 11.5 Å².